The first-order valence-electron chi connectivity index (χ1n) is 5.19. The van der Waals surface area contributed by atoms with Gasteiger partial charge in [0.2, 0.25) is 5.89 Å². The lowest BCUT2D eigenvalue weighted by atomic mass is 10.2. The van der Waals surface area contributed by atoms with Gasteiger partial charge in [0.1, 0.15) is 0 Å². The van der Waals surface area contributed by atoms with Crippen LogP contribution in [0.1, 0.15) is 29.6 Å². The highest BCUT2D eigenvalue weighted by molar-refractivity contribution is 7.10. The summed E-state index contributed by atoms with van der Waals surface area (Å²) in [4.78, 5) is 7.74. The Bertz CT molecular complexity index is 438. The van der Waals surface area contributed by atoms with E-state index in [0.717, 1.165) is 0 Å². The molecule has 0 aliphatic heterocycles. The van der Waals surface area contributed by atoms with Crippen molar-refractivity contribution in [3.8, 4) is 0 Å². The number of aromatic nitrogens is 2. The Morgan fingerprint density at radius 3 is 2.94 bits per heavy atom. The molecule has 86 valence electrons. The SMILES string of the molecule is Cc1noc(CN(C)C(C)c2cccs2)n1. The molecule has 2 aromatic heterocycles. The molecule has 1 atom stereocenters. The lowest BCUT2D eigenvalue weighted by Crippen LogP contribution is -2.21. The number of hydrogen-bond acceptors (Lipinski definition) is 5. The van der Waals surface area contributed by atoms with Crippen molar-refractivity contribution in [3.05, 3.63) is 34.1 Å². The molecule has 0 saturated carbocycles. The van der Waals surface area contributed by atoms with E-state index in [4.69, 9.17) is 4.52 Å². The van der Waals surface area contributed by atoms with Gasteiger partial charge >= 0.3 is 0 Å². The Kier molecular flexibility index (Phi) is 3.36. The van der Waals surface area contributed by atoms with Crippen LogP contribution in [0, 0.1) is 6.92 Å². The molecule has 0 radical (unpaired) electrons. The summed E-state index contributed by atoms with van der Waals surface area (Å²) in [5, 5.41) is 5.88. The summed E-state index contributed by atoms with van der Waals surface area (Å²) in [7, 11) is 2.06. The maximum Gasteiger partial charge on any atom is 0.240 e. The van der Waals surface area contributed by atoms with E-state index >= 15 is 0 Å². The van der Waals surface area contributed by atoms with Crippen LogP contribution in [0.3, 0.4) is 0 Å². The lowest BCUT2D eigenvalue weighted by Gasteiger charge is -2.21. The van der Waals surface area contributed by atoms with E-state index < -0.39 is 0 Å². The van der Waals surface area contributed by atoms with E-state index in [9.17, 15) is 0 Å². The van der Waals surface area contributed by atoms with Gasteiger partial charge in [0.15, 0.2) is 5.82 Å². The van der Waals surface area contributed by atoms with Crippen molar-refractivity contribution >= 4 is 11.3 Å². The molecule has 1 unspecified atom stereocenters. The fourth-order valence-corrected chi connectivity index (χ4v) is 2.35. The number of nitrogens with zero attached hydrogens (tertiary/aromatic N) is 3. The van der Waals surface area contributed by atoms with Crippen LogP contribution in [0.2, 0.25) is 0 Å². The number of thiophene rings is 1. The van der Waals surface area contributed by atoms with Crippen molar-refractivity contribution < 1.29 is 4.52 Å². The van der Waals surface area contributed by atoms with Crippen molar-refractivity contribution in [2.24, 2.45) is 0 Å². The summed E-state index contributed by atoms with van der Waals surface area (Å²) in [5.41, 5.74) is 0. The first-order valence-corrected chi connectivity index (χ1v) is 6.07. The molecule has 0 aromatic carbocycles. The monoisotopic (exact) mass is 237 g/mol. The zero-order chi connectivity index (χ0) is 11.5. The molecule has 5 heteroatoms. The van der Waals surface area contributed by atoms with Gasteiger partial charge < -0.3 is 4.52 Å². The summed E-state index contributed by atoms with van der Waals surface area (Å²) in [6, 6.07) is 4.58. The molecule has 0 spiro atoms. The third-order valence-electron chi connectivity index (χ3n) is 2.57. The highest BCUT2D eigenvalue weighted by Gasteiger charge is 2.15. The average Bonchev–Trinajstić information content (AvgIpc) is 2.88. The van der Waals surface area contributed by atoms with Crippen LogP contribution in [0.4, 0.5) is 0 Å². The molecule has 16 heavy (non-hydrogen) atoms. The predicted molar refractivity (Wildman–Crippen MR) is 63.2 cm³/mol. The van der Waals surface area contributed by atoms with Crippen LogP contribution in [0.5, 0.6) is 0 Å². The normalized spacial score (nSPS) is 13.2. The summed E-state index contributed by atoms with van der Waals surface area (Å²) in [5.74, 6) is 1.36. The second kappa shape index (κ2) is 4.76. The van der Waals surface area contributed by atoms with Gasteiger partial charge in [-0.1, -0.05) is 11.2 Å². The molecule has 0 saturated heterocycles. The second-order valence-corrected chi connectivity index (χ2v) is 4.82. The Hall–Kier alpha value is -1.20. The van der Waals surface area contributed by atoms with Crippen molar-refractivity contribution in [1.29, 1.82) is 0 Å². The summed E-state index contributed by atoms with van der Waals surface area (Å²) >= 11 is 1.77. The zero-order valence-electron chi connectivity index (χ0n) is 9.67. The van der Waals surface area contributed by atoms with Crippen LogP contribution in [0.15, 0.2) is 22.0 Å². The fraction of sp³-hybridized carbons (Fsp3) is 0.455. The van der Waals surface area contributed by atoms with Crippen LogP contribution < -0.4 is 0 Å². The van der Waals surface area contributed by atoms with E-state index in [1.54, 1.807) is 11.3 Å². The highest BCUT2D eigenvalue weighted by Crippen LogP contribution is 2.24. The molecule has 0 fully saturated rings. The first-order chi connectivity index (χ1) is 7.66. The minimum absolute atomic E-state index is 0.368. The van der Waals surface area contributed by atoms with Gasteiger partial charge in [0, 0.05) is 10.9 Å². The molecule has 0 aliphatic rings. The van der Waals surface area contributed by atoms with Gasteiger partial charge in [0.05, 0.1) is 6.54 Å². The zero-order valence-corrected chi connectivity index (χ0v) is 10.5. The van der Waals surface area contributed by atoms with Crippen LogP contribution >= 0.6 is 11.3 Å². The number of hydrogen-bond donors (Lipinski definition) is 0. The van der Waals surface area contributed by atoms with E-state index in [-0.39, 0.29) is 0 Å². The standard InChI is InChI=1S/C11H15N3OS/c1-8(10-5-4-6-16-10)14(3)7-11-12-9(2)13-15-11/h4-6,8H,7H2,1-3H3. The predicted octanol–water partition coefficient (Wildman–Crippen LogP) is 2.63. The van der Waals surface area contributed by atoms with Gasteiger partial charge in [0.25, 0.3) is 0 Å². The van der Waals surface area contributed by atoms with E-state index in [2.05, 4.69) is 46.5 Å². The molecule has 2 aromatic rings. The van der Waals surface area contributed by atoms with Crippen LogP contribution in [0.25, 0.3) is 0 Å². The van der Waals surface area contributed by atoms with Gasteiger partial charge in [-0.05, 0) is 32.3 Å². The molecular formula is C11H15N3OS. The van der Waals surface area contributed by atoms with Gasteiger partial charge in [-0.3, -0.25) is 4.90 Å². The summed E-state index contributed by atoms with van der Waals surface area (Å²) < 4.78 is 5.10. The Morgan fingerprint density at radius 1 is 1.56 bits per heavy atom. The van der Waals surface area contributed by atoms with Crippen molar-refractivity contribution in [2.45, 2.75) is 26.4 Å². The van der Waals surface area contributed by atoms with E-state index in [1.165, 1.54) is 4.88 Å². The Balaban J connectivity index is 2.00. The Labute approximate surface area is 98.9 Å². The van der Waals surface area contributed by atoms with Gasteiger partial charge in [-0.25, -0.2) is 0 Å². The largest absolute Gasteiger partial charge is 0.338 e. The number of aryl methyl sites for hydroxylation is 1. The maximum atomic E-state index is 5.10. The molecule has 0 aliphatic carbocycles. The van der Waals surface area contributed by atoms with Crippen LogP contribution in [-0.2, 0) is 6.54 Å². The maximum absolute atomic E-state index is 5.10. The van der Waals surface area contributed by atoms with Crippen LogP contribution in [-0.4, -0.2) is 22.1 Å². The number of rotatable bonds is 4. The van der Waals surface area contributed by atoms with E-state index in [0.29, 0.717) is 24.3 Å². The lowest BCUT2D eigenvalue weighted by molar-refractivity contribution is 0.218. The van der Waals surface area contributed by atoms with Crippen molar-refractivity contribution in [2.75, 3.05) is 7.05 Å². The molecule has 0 amide bonds. The molecule has 0 bridgehead atoms. The molecule has 0 N–H and O–H groups in total. The summed E-state index contributed by atoms with van der Waals surface area (Å²) in [6.45, 7) is 4.69. The molecular weight excluding hydrogens is 222 g/mol. The Morgan fingerprint density at radius 2 is 2.38 bits per heavy atom. The van der Waals surface area contributed by atoms with E-state index in [1.807, 2.05) is 6.92 Å². The molecule has 2 heterocycles. The highest BCUT2D eigenvalue weighted by atomic mass is 32.1. The third kappa shape index (κ3) is 2.48. The van der Waals surface area contributed by atoms with Crippen molar-refractivity contribution in [1.82, 2.24) is 15.0 Å². The third-order valence-corrected chi connectivity index (χ3v) is 3.61. The second-order valence-electron chi connectivity index (χ2n) is 3.84. The molecule has 4 nitrogen and oxygen atoms in total. The average molecular weight is 237 g/mol. The molecule has 2 rings (SSSR count). The fourth-order valence-electron chi connectivity index (χ4n) is 1.50. The minimum Gasteiger partial charge on any atom is -0.338 e. The quantitative estimate of drug-likeness (QED) is 0.819. The first kappa shape index (κ1) is 11.3. The van der Waals surface area contributed by atoms with Crippen molar-refractivity contribution in [3.63, 3.8) is 0 Å². The van der Waals surface area contributed by atoms with Gasteiger partial charge in [-0.2, -0.15) is 4.98 Å². The topological polar surface area (TPSA) is 42.2 Å². The smallest absolute Gasteiger partial charge is 0.240 e. The van der Waals surface area contributed by atoms with Gasteiger partial charge in [-0.15, -0.1) is 11.3 Å². The summed E-state index contributed by atoms with van der Waals surface area (Å²) in [6.07, 6.45) is 0. The minimum atomic E-state index is 0.368.